The number of rotatable bonds is 5. The fourth-order valence-electron chi connectivity index (χ4n) is 2.74. The molecule has 25 heavy (non-hydrogen) atoms. The van der Waals surface area contributed by atoms with Gasteiger partial charge in [-0.2, -0.15) is 10.1 Å². The quantitative estimate of drug-likeness (QED) is 0.519. The van der Waals surface area contributed by atoms with Crippen molar-refractivity contribution in [1.29, 1.82) is 0 Å². The maximum absolute atomic E-state index is 5.88. The third-order valence-corrected chi connectivity index (χ3v) is 3.95. The van der Waals surface area contributed by atoms with E-state index in [9.17, 15) is 0 Å². The summed E-state index contributed by atoms with van der Waals surface area (Å²) in [5.41, 5.74) is 9.79. The van der Waals surface area contributed by atoms with E-state index >= 15 is 0 Å². The highest BCUT2D eigenvalue weighted by atomic mass is 15.1. The summed E-state index contributed by atoms with van der Waals surface area (Å²) in [7, 11) is 0. The predicted molar refractivity (Wildman–Crippen MR) is 98.0 cm³/mol. The van der Waals surface area contributed by atoms with Gasteiger partial charge >= 0.3 is 0 Å². The number of nitrogens with two attached hydrogens (primary N) is 1. The van der Waals surface area contributed by atoms with Crippen LogP contribution in [0.25, 0.3) is 22.2 Å². The molecule has 0 fully saturated rings. The first-order chi connectivity index (χ1) is 12.3. The molecule has 0 saturated heterocycles. The smallest absolute Gasteiger partial charge is 0.222 e. The summed E-state index contributed by atoms with van der Waals surface area (Å²) >= 11 is 0. The van der Waals surface area contributed by atoms with Crippen LogP contribution in [0.4, 0.5) is 11.8 Å². The van der Waals surface area contributed by atoms with Crippen molar-refractivity contribution in [2.45, 2.75) is 6.42 Å². The van der Waals surface area contributed by atoms with Crippen LogP contribution in [0, 0.1) is 0 Å². The minimum Gasteiger partial charge on any atom is -0.369 e. The Hall–Kier alpha value is -3.48. The highest BCUT2D eigenvalue weighted by molar-refractivity contribution is 5.92. The normalized spacial score (nSPS) is 10.9. The van der Waals surface area contributed by atoms with Crippen molar-refractivity contribution in [3.05, 3.63) is 60.6 Å². The largest absolute Gasteiger partial charge is 0.369 e. The summed E-state index contributed by atoms with van der Waals surface area (Å²) in [4.78, 5) is 12.8. The monoisotopic (exact) mass is 331 g/mol. The van der Waals surface area contributed by atoms with Crippen molar-refractivity contribution in [3.63, 3.8) is 0 Å². The van der Waals surface area contributed by atoms with Gasteiger partial charge in [0, 0.05) is 36.1 Å². The van der Waals surface area contributed by atoms with Gasteiger partial charge in [0.1, 0.15) is 5.82 Å². The van der Waals surface area contributed by atoms with Crippen LogP contribution < -0.4 is 11.1 Å². The van der Waals surface area contributed by atoms with E-state index in [0.29, 0.717) is 0 Å². The van der Waals surface area contributed by atoms with Gasteiger partial charge in [-0.25, -0.2) is 4.98 Å². The van der Waals surface area contributed by atoms with Gasteiger partial charge in [-0.1, -0.05) is 12.1 Å². The number of hydrogen-bond donors (Lipinski definition) is 3. The van der Waals surface area contributed by atoms with E-state index in [-0.39, 0.29) is 5.95 Å². The maximum Gasteiger partial charge on any atom is 0.222 e. The van der Waals surface area contributed by atoms with Crippen molar-refractivity contribution in [2.75, 3.05) is 17.6 Å². The predicted octanol–water partition coefficient (Wildman–Crippen LogP) is 2.65. The number of nitrogens with one attached hydrogen (secondary N) is 2. The zero-order chi connectivity index (χ0) is 17.1. The number of aromatic nitrogens is 5. The lowest BCUT2D eigenvalue weighted by Gasteiger charge is -2.10. The number of nitrogens with zero attached hydrogens (tertiary/aromatic N) is 4. The van der Waals surface area contributed by atoms with Gasteiger partial charge in [-0.3, -0.25) is 10.1 Å². The molecule has 3 aromatic heterocycles. The second-order valence-corrected chi connectivity index (χ2v) is 5.67. The van der Waals surface area contributed by atoms with Crippen molar-refractivity contribution in [1.82, 2.24) is 25.1 Å². The first kappa shape index (κ1) is 15.1. The average molecular weight is 331 g/mol. The molecular weight excluding hydrogens is 314 g/mol. The summed E-state index contributed by atoms with van der Waals surface area (Å²) in [6, 6.07) is 11.9. The molecule has 0 saturated carbocycles. The molecule has 124 valence electrons. The summed E-state index contributed by atoms with van der Waals surface area (Å²) in [5, 5.41) is 11.2. The standard InChI is InChI=1S/C18H17N7/c19-18-23-16-10-13(15-6-9-22-25-15)3-4-14(16)17(24-18)21-8-5-12-2-1-7-20-11-12/h1-4,6-7,9-11H,5,8H2,(H,22,25)(H3,19,21,23,24). The second kappa shape index (κ2) is 6.56. The van der Waals surface area contributed by atoms with Gasteiger partial charge in [0.05, 0.1) is 11.2 Å². The Morgan fingerprint density at radius 2 is 2.04 bits per heavy atom. The van der Waals surface area contributed by atoms with Gasteiger partial charge in [0.15, 0.2) is 0 Å². The van der Waals surface area contributed by atoms with Crippen LogP contribution in [-0.4, -0.2) is 31.7 Å². The molecule has 0 unspecified atom stereocenters. The zero-order valence-electron chi connectivity index (χ0n) is 13.5. The molecule has 4 N–H and O–H groups in total. The first-order valence-electron chi connectivity index (χ1n) is 7.99. The van der Waals surface area contributed by atoms with Crippen molar-refractivity contribution in [2.24, 2.45) is 0 Å². The first-order valence-corrected chi connectivity index (χ1v) is 7.99. The lowest BCUT2D eigenvalue weighted by atomic mass is 10.1. The van der Waals surface area contributed by atoms with Gasteiger partial charge in [-0.15, -0.1) is 0 Å². The topological polar surface area (TPSA) is 105 Å². The fourth-order valence-corrected chi connectivity index (χ4v) is 2.74. The molecule has 0 aliphatic rings. The van der Waals surface area contributed by atoms with E-state index in [2.05, 4.69) is 36.5 Å². The number of benzene rings is 1. The molecule has 0 spiro atoms. The van der Waals surface area contributed by atoms with Gasteiger partial charge in [0.25, 0.3) is 0 Å². The van der Waals surface area contributed by atoms with Crippen LogP contribution in [0.2, 0.25) is 0 Å². The Labute approximate surface area is 144 Å². The Morgan fingerprint density at radius 1 is 1.08 bits per heavy atom. The summed E-state index contributed by atoms with van der Waals surface area (Å²) < 4.78 is 0. The molecule has 1 aromatic carbocycles. The summed E-state index contributed by atoms with van der Waals surface area (Å²) in [6.07, 6.45) is 6.21. The van der Waals surface area contributed by atoms with Crippen LogP contribution in [0.1, 0.15) is 5.56 Å². The van der Waals surface area contributed by atoms with Gasteiger partial charge in [0.2, 0.25) is 5.95 Å². The molecule has 0 amide bonds. The number of aromatic amines is 1. The molecule has 7 heteroatoms. The van der Waals surface area contributed by atoms with E-state index in [1.807, 2.05) is 36.5 Å². The molecule has 0 atom stereocenters. The van der Waals surface area contributed by atoms with Crippen LogP contribution >= 0.6 is 0 Å². The zero-order valence-corrected chi connectivity index (χ0v) is 13.5. The Morgan fingerprint density at radius 3 is 2.84 bits per heavy atom. The van der Waals surface area contributed by atoms with E-state index in [1.165, 1.54) is 5.56 Å². The minimum atomic E-state index is 0.248. The number of H-pyrrole nitrogens is 1. The average Bonchev–Trinajstić information content (AvgIpc) is 3.16. The summed E-state index contributed by atoms with van der Waals surface area (Å²) in [5.74, 6) is 0.987. The molecule has 7 nitrogen and oxygen atoms in total. The lowest BCUT2D eigenvalue weighted by molar-refractivity contribution is 0.995. The Balaban J connectivity index is 1.60. The lowest BCUT2D eigenvalue weighted by Crippen LogP contribution is -2.09. The second-order valence-electron chi connectivity index (χ2n) is 5.67. The van der Waals surface area contributed by atoms with E-state index < -0.39 is 0 Å². The molecular formula is C18H17N7. The van der Waals surface area contributed by atoms with Gasteiger partial charge < -0.3 is 11.1 Å². The van der Waals surface area contributed by atoms with Crippen LogP contribution in [0.15, 0.2) is 55.0 Å². The Kier molecular flexibility index (Phi) is 3.96. The number of fused-ring (bicyclic) bond motifs is 1. The molecule has 4 rings (SSSR count). The molecule has 3 heterocycles. The van der Waals surface area contributed by atoms with Gasteiger partial charge in [-0.05, 0) is 36.2 Å². The van der Waals surface area contributed by atoms with Crippen molar-refractivity contribution < 1.29 is 0 Å². The molecule has 0 aliphatic heterocycles. The van der Waals surface area contributed by atoms with E-state index in [4.69, 9.17) is 5.73 Å². The molecule has 0 bridgehead atoms. The van der Waals surface area contributed by atoms with Crippen LogP contribution in [-0.2, 0) is 6.42 Å². The molecule has 0 radical (unpaired) electrons. The third-order valence-electron chi connectivity index (χ3n) is 3.95. The number of pyridine rings is 1. The minimum absolute atomic E-state index is 0.248. The van der Waals surface area contributed by atoms with Crippen molar-refractivity contribution >= 4 is 22.7 Å². The SMILES string of the molecule is Nc1nc(NCCc2cccnc2)c2ccc(-c3ccn[nH]3)cc2n1. The molecule has 0 aliphatic carbocycles. The maximum atomic E-state index is 5.88. The summed E-state index contributed by atoms with van der Waals surface area (Å²) in [6.45, 7) is 0.736. The highest BCUT2D eigenvalue weighted by Crippen LogP contribution is 2.26. The van der Waals surface area contributed by atoms with E-state index in [0.717, 1.165) is 40.9 Å². The number of anilines is 2. The fraction of sp³-hybridized carbons (Fsp3) is 0.111. The van der Waals surface area contributed by atoms with Crippen LogP contribution in [0.5, 0.6) is 0 Å². The number of hydrogen-bond acceptors (Lipinski definition) is 6. The molecule has 4 aromatic rings. The van der Waals surface area contributed by atoms with E-state index in [1.54, 1.807) is 12.4 Å². The third kappa shape index (κ3) is 3.25. The van der Waals surface area contributed by atoms with Crippen molar-refractivity contribution in [3.8, 4) is 11.3 Å². The number of nitrogen functional groups attached to an aromatic ring is 1. The van der Waals surface area contributed by atoms with Crippen LogP contribution in [0.3, 0.4) is 0 Å². The highest BCUT2D eigenvalue weighted by Gasteiger charge is 2.08. The Bertz CT molecular complexity index is 981.